The number of benzene rings is 2. The van der Waals surface area contributed by atoms with E-state index in [4.69, 9.17) is 5.73 Å². The van der Waals surface area contributed by atoms with Crippen LogP contribution < -0.4 is 10.5 Å². The van der Waals surface area contributed by atoms with E-state index in [1.165, 1.54) is 0 Å². The molecule has 3 N–H and O–H groups in total. The van der Waals surface area contributed by atoms with Crippen LogP contribution in [0, 0.1) is 0 Å². The Balaban J connectivity index is 1.88. The number of sulfonamides is 1. The lowest BCUT2D eigenvalue weighted by Crippen LogP contribution is -2.27. The van der Waals surface area contributed by atoms with Crippen molar-refractivity contribution in [1.82, 2.24) is 4.72 Å². The summed E-state index contributed by atoms with van der Waals surface area (Å²) in [6.45, 7) is 0.397. The van der Waals surface area contributed by atoms with E-state index in [2.05, 4.69) is 4.72 Å². The van der Waals surface area contributed by atoms with E-state index < -0.39 is 10.0 Å². The van der Waals surface area contributed by atoms with Crippen LogP contribution in [-0.2, 0) is 22.2 Å². The highest BCUT2D eigenvalue weighted by atomic mass is 32.2. The van der Waals surface area contributed by atoms with E-state index in [0.29, 0.717) is 24.2 Å². The zero-order valence-electron chi connectivity index (χ0n) is 11.1. The molecule has 0 heterocycles. The zero-order chi connectivity index (χ0) is 14.4. The van der Waals surface area contributed by atoms with Gasteiger partial charge in [-0.05, 0) is 29.7 Å². The van der Waals surface area contributed by atoms with Crippen LogP contribution in [0.5, 0.6) is 0 Å². The van der Waals surface area contributed by atoms with Crippen molar-refractivity contribution in [2.24, 2.45) is 0 Å². The fourth-order valence-electron chi connectivity index (χ4n) is 1.95. The quantitative estimate of drug-likeness (QED) is 0.799. The average molecular weight is 290 g/mol. The van der Waals surface area contributed by atoms with Gasteiger partial charge in [-0.1, -0.05) is 42.5 Å². The second-order valence-electron chi connectivity index (χ2n) is 4.63. The molecule has 0 aliphatic carbocycles. The van der Waals surface area contributed by atoms with Gasteiger partial charge in [-0.15, -0.1) is 0 Å². The van der Waals surface area contributed by atoms with Gasteiger partial charge in [0.2, 0.25) is 10.0 Å². The summed E-state index contributed by atoms with van der Waals surface area (Å²) in [5, 5.41) is 0. The van der Waals surface area contributed by atoms with Crippen molar-refractivity contribution in [2.45, 2.75) is 12.2 Å². The van der Waals surface area contributed by atoms with E-state index in [1.54, 1.807) is 24.3 Å². The first-order chi connectivity index (χ1) is 9.55. The van der Waals surface area contributed by atoms with Gasteiger partial charge in [0.25, 0.3) is 0 Å². The lowest BCUT2D eigenvalue weighted by molar-refractivity contribution is 0.581. The molecule has 2 aromatic rings. The number of hydrogen-bond acceptors (Lipinski definition) is 3. The highest BCUT2D eigenvalue weighted by molar-refractivity contribution is 7.88. The third-order valence-corrected chi connectivity index (χ3v) is 4.24. The van der Waals surface area contributed by atoms with Gasteiger partial charge in [0, 0.05) is 12.2 Å². The van der Waals surface area contributed by atoms with Crippen LogP contribution in [0.3, 0.4) is 0 Å². The van der Waals surface area contributed by atoms with Gasteiger partial charge < -0.3 is 5.73 Å². The number of nitrogens with one attached hydrogen (secondary N) is 1. The summed E-state index contributed by atoms with van der Waals surface area (Å²) in [7, 11) is -3.33. The van der Waals surface area contributed by atoms with Gasteiger partial charge in [-0.2, -0.15) is 0 Å². The zero-order valence-corrected chi connectivity index (χ0v) is 11.9. The molecule has 0 atom stereocenters. The van der Waals surface area contributed by atoms with Crippen LogP contribution >= 0.6 is 0 Å². The average Bonchev–Trinajstić information content (AvgIpc) is 2.39. The highest BCUT2D eigenvalue weighted by Crippen LogP contribution is 2.09. The second-order valence-corrected chi connectivity index (χ2v) is 6.44. The van der Waals surface area contributed by atoms with Crippen LogP contribution in [-0.4, -0.2) is 15.0 Å². The summed E-state index contributed by atoms with van der Waals surface area (Å²) in [6, 6.07) is 16.7. The van der Waals surface area contributed by atoms with Crippen LogP contribution in [0.15, 0.2) is 54.6 Å². The van der Waals surface area contributed by atoms with E-state index in [0.717, 1.165) is 5.56 Å². The molecule has 0 saturated carbocycles. The van der Waals surface area contributed by atoms with Crippen molar-refractivity contribution in [3.05, 3.63) is 65.7 Å². The summed E-state index contributed by atoms with van der Waals surface area (Å²) in [6.07, 6.45) is 0.678. The molecule has 0 bridgehead atoms. The first-order valence-electron chi connectivity index (χ1n) is 6.41. The number of anilines is 1. The Labute approximate surface area is 119 Å². The number of nitrogens with two attached hydrogens (primary N) is 1. The van der Waals surface area contributed by atoms with Crippen LogP contribution in [0.25, 0.3) is 0 Å². The minimum absolute atomic E-state index is 0.0488. The molecule has 5 heteroatoms. The molecule has 20 heavy (non-hydrogen) atoms. The number of hydrogen-bond donors (Lipinski definition) is 2. The number of nitrogen functional groups attached to an aromatic ring is 1. The Morgan fingerprint density at radius 1 is 0.950 bits per heavy atom. The van der Waals surface area contributed by atoms with Crippen LogP contribution in [0.2, 0.25) is 0 Å². The Hall–Kier alpha value is -1.85. The van der Waals surface area contributed by atoms with Crippen LogP contribution in [0.4, 0.5) is 5.69 Å². The van der Waals surface area contributed by atoms with Crippen molar-refractivity contribution in [3.8, 4) is 0 Å². The maximum atomic E-state index is 11.9. The van der Waals surface area contributed by atoms with Gasteiger partial charge >= 0.3 is 0 Å². The second kappa shape index (κ2) is 6.54. The molecular formula is C15H18N2O2S. The molecule has 0 unspecified atom stereocenters. The first-order valence-corrected chi connectivity index (χ1v) is 8.06. The topological polar surface area (TPSA) is 72.2 Å². The molecule has 0 fully saturated rings. The van der Waals surface area contributed by atoms with E-state index in [-0.39, 0.29) is 5.75 Å². The maximum absolute atomic E-state index is 11.9. The predicted octanol–water partition coefficient (Wildman–Crippen LogP) is 1.93. The van der Waals surface area contributed by atoms with Crippen LogP contribution in [0.1, 0.15) is 11.1 Å². The molecule has 0 aliphatic heterocycles. The SMILES string of the molecule is Nc1cccc(CS(=O)(=O)NCCc2ccccc2)c1. The fourth-order valence-corrected chi connectivity index (χ4v) is 3.08. The predicted molar refractivity (Wildman–Crippen MR) is 81.6 cm³/mol. The van der Waals surface area contributed by atoms with Crippen molar-refractivity contribution >= 4 is 15.7 Å². The third kappa shape index (κ3) is 4.68. The Morgan fingerprint density at radius 3 is 2.35 bits per heavy atom. The smallest absolute Gasteiger partial charge is 0.215 e. The Morgan fingerprint density at radius 2 is 1.65 bits per heavy atom. The van der Waals surface area contributed by atoms with Gasteiger partial charge in [-0.3, -0.25) is 0 Å². The lowest BCUT2D eigenvalue weighted by Gasteiger charge is -2.07. The molecule has 2 rings (SSSR count). The lowest BCUT2D eigenvalue weighted by atomic mass is 10.2. The third-order valence-electron chi connectivity index (χ3n) is 2.89. The molecule has 0 spiro atoms. The molecule has 0 saturated heterocycles. The van der Waals surface area contributed by atoms with E-state index in [1.807, 2.05) is 30.3 Å². The Kier molecular flexibility index (Phi) is 4.76. The molecule has 2 aromatic carbocycles. The maximum Gasteiger partial charge on any atom is 0.215 e. The summed E-state index contributed by atoms with van der Waals surface area (Å²) in [5.74, 6) is -0.0488. The first kappa shape index (κ1) is 14.6. The van der Waals surface area contributed by atoms with Gasteiger partial charge in [0.1, 0.15) is 0 Å². The largest absolute Gasteiger partial charge is 0.399 e. The van der Waals surface area contributed by atoms with Crippen molar-refractivity contribution in [2.75, 3.05) is 12.3 Å². The minimum Gasteiger partial charge on any atom is -0.399 e. The van der Waals surface area contributed by atoms with E-state index in [9.17, 15) is 8.42 Å². The van der Waals surface area contributed by atoms with Gasteiger partial charge in [-0.25, -0.2) is 13.1 Å². The fraction of sp³-hybridized carbons (Fsp3) is 0.200. The molecule has 4 nitrogen and oxygen atoms in total. The van der Waals surface area contributed by atoms with Crippen molar-refractivity contribution < 1.29 is 8.42 Å². The summed E-state index contributed by atoms with van der Waals surface area (Å²) in [4.78, 5) is 0. The normalized spacial score (nSPS) is 11.4. The molecule has 0 aromatic heterocycles. The summed E-state index contributed by atoms with van der Waals surface area (Å²) < 4.78 is 26.5. The number of rotatable bonds is 6. The molecule has 106 valence electrons. The molecule has 0 radical (unpaired) electrons. The van der Waals surface area contributed by atoms with Gasteiger partial charge in [0.15, 0.2) is 0 Å². The Bertz CT molecular complexity index is 655. The molecular weight excluding hydrogens is 272 g/mol. The monoisotopic (exact) mass is 290 g/mol. The minimum atomic E-state index is -3.33. The van der Waals surface area contributed by atoms with Crippen molar-refractivity contribution in [1.29, 1.82) is 0 Å². The molecule has 0 amide bonds. The van der Waals surface area contributed by atoms with Gasteiger partial charge in [0.05, 0.1) is 5.75 Å². The van der Waals surface area contributed by atoms with E-state index >= 15 is 0 Å². The highest BCUT2D eigenvalue weighted by Gasteiger charge is 2.10. The summed E-state index contributed by atoms with van der Waals surface area (Å²) in [5.41, 5.74) is 8.01. The molecule has 0 aliphatic rings. The van der Waals surface area contributed by atoms with Crippen molar-refractivity contribution in [3.63, 3.8) is 0 Å². The summed E-state index contributed by atoms with van der Waals surface area (Å²) >= 11 is 0. The standard InChI is InChI=1S/C15H18N2O2S/c16-15-8-4-7-14(11-15)12-20(18,19)17-10-9-13-5-2-1-3-6-13/h1-8,11,17H,9-10,12,16H2.